The average Bonchev–Trinajstić information content (AvgIpc) is 3.17. The van der Waals surface area contributed by atoms with Crippen molar-refractivity contribution >= 4 is 21.2 Å². The minimum absolute atomic E-state index is 0.00923. The summed E-state index contributed by atoms with van der Waals surface area (Å²) < 4.78 is 32.2. The number of aromatic nitrogens is 3. The lowest BCUT2D eigenvalue weighted by molar-refractivity contribution is 0.0304. The number of hydrogen-bond donors (Lipinski definition) is 0. The predicted molar refractivity (Wildman–Crippen MR) is 83.7 cm³/mol. The van der Waals surface area contributed by atoms with E-state index in [1.54, 1.807) is 15.9 Å². The summed E-state index contributed by atoms with van der Waals surface area (Å²) in [6.45, 7) is 1.21. The molecule has 120 valence electrons. The molecule has 0 radical (unpaired) electrons. The van der Waals surface area contributed by atoms with E-state index in [-0.39, 0.29) is 17.0 Å². The lowest BCUT2D eigenvalue weighted by Gasteiger charge is -2.22. The van der Waals surface area contributed by atoms with Gasteiger partial charge in [-0.1, -0.05) is 6.07 Å². The van der Waals surface area contributed by atoms with Gasteiger partial charge in [-0.3, -0.25) is 0 Å². The molecule has 1 aliphatic rings. The summed E-state index contributed by atoms with van der Waals surface area (Å²) in [7, 11) is -3.47. The minimum atomic E-state index is -3.47. The van der Waals surface area contributed by atoms with E-state index in [9.17, 15) is 8.42 Å². The largest absolute Gasteiger partial charge is 0.377 e. The lowest BCUT2D eigenvalue weighted by atomic mass is 10.1. The van der Waals surface area contributed by atoms with Crippen LogP contribution in [0.15, 0.2) is 29.0 Å². The van der Waals surface area contributed by atoms with Crippen molar-refractivity contribution in [2.24, 2.45) is 0 Å². The van der Waals surface area contributed by atoms with E-state index in [0.717, 1.165) is 25.7 Å². The monoisotopic (exact) mass is 341 g/mol. The zero-order chi connectivity index (χ0) is 15.4. The number of aryl methyl sites for hydroxylation is 2. The molecule has 8 heteroatoms. The van der Waals surface area contributed by atoms with E-state index >= 15 is 0 Å². The first-order valence-electron chi connectivity index (χ1n) is 7.40. The van der Waals surface area contributed by atoms with Gasteiger partial charge in [0.2, 0.25) is 15.0 Å². The van der Waals surface area contributed by atoms with Gasteiger partial charge in [-0.15, -0.1) is 21.5 Å². The third kappa shape index (κ3) is 3.74. The van der Waals surface area contributed by atoms with Crippen LogP contribution in [-0.4, -0.2) is 41.6 Å². The van der Waals surface area contributed by atoms with E-state index in [1.807, 2.05) is 17.5 Å². The second kappa shape index (κ2) is 6.89. The molecule has 1 aliphatic heterocycles. The zero-order valence-electron chi connectivity index (χ0n) is 12.2. The molecule has 0 saturated carbocycles. The quantitative estimate of drug-likeness (QED) is 0.802. The molecule has 3 heterocycles. The summed E-state index contributed by atoms with van der Waals surface area (Å²) in [6, 6.07) is 4.03. The van der Waals surface area contributed by atoms with Crippen molar-refractivity contribution in [1.29, 1.82) is 0 Å². The Kier molecular flexibility index (Phi) is 4.90. The number of sulfone groups is 1. The molecule has 6 nitrogen and oxygen atoms in total. The highest BCUT2D eigenvalue weighted by Crippen LogP contribution is 2.18. The van der Waals surface area contributed by atoms with Gasteiger partial charge in [0.1, 0.15) is 6.33 Å². The molecule has 0 bridgehead atoms. The van der Waals surface area contributed by atoms with Crippen LogP contribution in [0.5, 0.6) is 0 Å². The predicted octanol–water partition coefficient (Wildman–Crippen LogP) is 1.93. The van der Waals surface area contributed by atoms with Crippen molar-refractivity contribution in [2.45, 2.75) is 43.5 Å². The van der Waals surface area contributed by atoms with Gasteiger partial charge in [-0.25, -0.2) is 8.42 Å². The second-order valence-electron chi connectivity index (χ2n) is 5.41. The molecule has 0 aromatic carbocycles. The van der Waals surface area contributed by atoms with Crippen LogP contribution in [0.1, 0.15) is 24.1 Å². The third-order valence-electron chi connectivity index (χ3n) is 3.72. The molecule has 0 spiro atoms. The van der Waals surface area contributed by atoms with Crippen molar-refractivity contribution in [1.82, 2.24) is 14.8 Å². The van der Waals surface area contributed by atoms with E-state index in [4.69, 9.17) is 4.74 Å². The summed E-state index contributed by atoms with van der Waals surface area (Å²) in [4.78, 5) is 1.22. The number of hydrogen-bond acceptors (Lipinski definition) is 6. The normalized spacial score (nSPS) is 19.4. The Hall–Kier alpha value is -1.25. The van der Waals surface area contributed by atoms with Crippen LogP contribution in [0.4, 0.5) is 0 Å². The summed E-state index contributed by atoms with van der Waals surface area (Å²) in [5.41, 5.74) is 0. The summed E-state index contributed by atoms with van der Waals surface area (Å²) in [6.07, 6.45) is 4.86. The van der Waals surface area contributed by atoms with Crippen LogP contribution >= 0.6 is 11.3 Å². The van der Waals surface area contributed by atoms with Crippen LogP contribution in [-0.2, 0) is 27.5 Å². The van der Waals surface area contributed by atoms with Gasteiger partial charge in [-0.2, -0.15) is 0 Å². The van der Waals surface area contributed by atoms with E-state index in [0.29, 0.717) is 13.2 Å². The average molecular weight is 341 g/mol. The number of thiophene rings is 1. The highest BCUT2D eigenvalue weighted by atomic mass is 32.2. The fourth-order valence-electron chi connectivity index (χ4n) is 2.58. The van der Waals surface area contributed by atoms with Gasteiger partial charge in [0.25, 0.3) is 0 Å². The highest BCUT2D eigenvalue weighted by Gasteiger charge is 2.27. The Labute approximate surface area is 134 Å². The van der Waals surface area contributed by atoms with E-state index in [2.05, 4.69) is 10.2 Å². The van der Waals surface area contributed by atoms with Gasteiger partial charge in [0.05, 0.1) is 11.9 Å². The van der Waals surface area contributed by atoms with Crippen molar-refractivity contribution in [3.63, 3.8) is 0 Å². The highest BCUT2D eigenvalue weighted by molar-refractivity contribution is 7.91. The molecule has 2 aromatic rings. The molecular formula is C14H19N3O3S2. The standard InChI is InChI=1S/C14H19N3O3S2/c18-22(19,10-12-4-1-2-8-20-12)14-16-15-11-17(14)7-6-13-5-3-9-21-13/h3,5,9,11-12H,1-2,4,6-8,10H2/t12-/m0/s1. The first kappa shape index (κ1) is 15.6. The van der Waals surface area contributed by atoms with Crippen molar-refractivity contribution in [3.8, 4) is 0 Å². The van der Waals surface area contributed by atoms with Crippen LogP contribution in [0.2, 0.25) is 0 Å². The fraction of sp³-hybridized carbons (Fsp3) is 0.571. The maximum Gasteiger partial charge on any atom is 0.249 e. The minimum Gasteiger partial charge on any atom is -0.377 e. The number of nitrogens with zero attached hydrogens (tertiary/aromatic N) is 3. The van der Waals surface area contributed by atoms with Crippen molar-refractivity contribution in [3.05, 3.63) is 28.7 Å². The Balaban J connectivity index is 1.69. The lowest BCUT2D eigenvalue weighted by Crippen LogP contribution is -2.29. The Morgan fingerprint density at radius 1 is 1.41 bits per heavy atom. The van der Waals surface area contributed by atoms with Crippen LogP contribution in [0.25, 0.3) is 0 Å². The molecule has 0 unspecified atom stereocenters. The fourth-order valence-corrected chi connectivity index (χ4v) is 4.85. The zero-order valence-corrected chi connectivity index (χ0v) is 13.9. The molecule has 0 amide bonds. The van der Waals surface area contributed by atoms with E-state index in [1.165, 1.54) is 11.2 Å². The molecule has 0 aliphatic carbocycles. The second-order valence-corrected chi connectivity index (χ2v) is 8.37. The van der Waals surface area contributed by atoms with Crippen molar-refractivity contribution < 1.29 is 13.2 Å². The SMILES string of the molecule is O=S(=O)(C[C@@H]1CCCCO1)c1nncn1CCc1cccs1. The van der Waals surface area contributed by atoms with Crippen molar-refractivity contribution in [2.75, 3.05) is 12.4 Å². The van der Waals surface area contributed by atoms with Gasteiger partial charge >= 0.3 is 0 Å². The van der Waals surface area contributed by atoms with Crippen LogP contribution in [0, 0.1) is 0 Å². The summed E-state index contributed by atoms with van der Waals surface area (Å²) in [5, 5.41) is 9.67. The topological polar surface area (TPSA) is 74.1 Å². The smallest absolute Gasteiger partial charge is 0.249 e. The van der Waals surface area contributed by atoms with Gasteiger partial charge < -0.3 is 9.30 Å². The molecule has 1 atom stereocenters. The molecule has 1 saturated heterocycles. The Bertz CT molecular complexity index is 689. The van der Waals surface area contributed by atoms with Gasteiger partial charge in [0, 0.05) is 18.0 Å². The Morgan fingerprint density at radius 2 is 2.32 bits per heavy atom. The van der Waals surface area contributed by atoms with Gasteiger partial charge in [0.15, 0.2) is 0 Å². The molecule has 3 rings (SSSR count). The van der Waals surface area contributed by atoms with E-state index < -0.39 is 9.84 Å². The molecule has 1 fully saturated rings. The summed E-state index contributed by atoms with van der Waals surface area (Å²) >= 11 is 1.66. The first-order valence-corrected chi connectivity index (χ1v) is 9.93. The Morgan fingerprint density at radius 3 is 3.05 bits per heavy atom. The number of rotatable bonds is 6. The van der Waals surface area contributed by atoms with Gasteiger partial charge in [-0.05, 0) is 37.1 Å². The molecule has 0 N–H and O–H groups in total. The van der Waals surface area contributed by atoms with Crippen LogP contribution < -0.4 is 0 Å². The maximum atomic E-state index is 12.5. The molecule has 22 heavy (non-hydrogen) atoms. The first-order chi connectivity index (χ1) is 10.6. The third-order valence-corrected chi connectivity index (χ3v) is 6.34. The maximum absolute atomic E-state index is 12.5. The molecular weight excluding hydrogens is 322 g/mol. The van der Waals surface area contributed by atoms with Crippen LogP contribution in [0.3, 0.4) is 0 Å². The molecule has 2 aromatic heterocycles. The number of ether oxygens (including phenoxy) is 1. The summed E-state index contributed by atoms with van der Waals surface area (Å²) in [5.74, 6) is -0.00923.